The highest BCUT2D eigenvalue weighted by Gasteiger charge is 2.25. The van der Waals surface area contributed by atoms with E-state index in [4.69, 9.17) is 23.2 Å². The van der Waals surface area contributed by atoms with Crippen LogP contribution in [0.1, 0.15) is 30.0 Å². The van der Waals surface area contributed by atoms with Crippen molar-refractivity contribution in [2.75, 3.05) is 11.8 Å². The summed E-state index contributed by atoms with van der Waals surface area (Å²) in [5.41, 5.74) is 3.72. The number of nitrogens with one attached hydrogen (secondary N) is 1. The maximum Gasteiger partial charge on any atom is 0.0453 e. The summed E-state index contributed by atoms with van der Waals surface area (Å²) in [6.45, 7) is 7.16. The number of halogens is 2. The lowest BCUT2D eigenvalue weighted by molar-refractivity contribution is 0.384. The van der Waals surface area contributed by atoms with Crippen LogP contribution >= 0.6 is 23.2 Å². The summed E-state index contributed by atoms with van der Waals surface area (Å²) in [5.74, 6) is 1.08. The summed E-state index contributed by atoms with van der Waals surface area (Å²) in [7, 11) is 0. The Morgan fingerprint density at radius 1 is 1.06 bits per heavy atom. The van der Waals surface area contributed by atoms with Crippen molar-refractivity contribution >= 4 is 23.2 Å². The van der Waals surface area contributed by atoms with Crippen molar-refractivity contribution in [3.63, 3.8) is 0 Å². The number of rotatable bonds is 6. The first-order chi connectivity index (χ1) is 8.05. The summed E-state index contributed by atoms with van der Waals surface area (Å²) in [6.07, 6.45) is 0.935. The van der Waals surface area contributed by atoms with E-state index < -0.39 is 0 Å². The standard InChI is InChI=1S/C14H21Cl2N/c1-4-14(9-15,10-16)17-8-13-6-11(2)5-12(3)7-13/h5-7,17H,4,8-10H2,1-3H3. The molecule has 0 unspecified atom stereocenters. The Morgan fingerprint density at radius 2 is 1.59 bits per heavy atom. The summed E-state index contributed by atoms with van der Waals surface area (Å²) >= 11 is 12.0. The number of aryl methyl sites for hydroxylation is 2. The molecule has 1 N–H and O–H groups in total. The Kier molecular flexibility index (Phi) is 5.78. The number of alkyl halides is 2. The smallest absolute Gasteiger partial charge is 0.0453 e. The van der Waals surface area contributed by atoms with Crippen molar-refractivity contribution in [3.8, 4) is 0 Å². The van der Waals surface area contributed by atoms with Gasteiger partial charge in [-0.2, -0.15) is 0 Å². The van der Waals surface area contributed by atoms with Crippen LogP contribution in [0.15, 0.2) is 18.2 Å². The van der Waals surface area contributed by atoms with Gasteiger partial charge in [0, 0.05) is 23.8 Å². The molecular weight excluding hydrogens is 253 g/mol. The van der Waals surface area contributed by atoms with E-state index >= 15 is 0 Å². The van der Waals surface area contributed by atoms with Gasteiger partial charge in [0.2, 0.25) is 0 Å². The van der Waals surface area contributed by atoms with Gasteiger partial charge >= 0.3 is 0 Å². The van der Waals surface area contributed by atoms with E-state index in [1.54, 1.807) is 0 Å². The lowest BCUT2D eigenvalue weighted by atomic mass is 10.00. The highest BCUT2D eigenvalue weighted by atomic mass is 35.5. The molecule has 17 heavy (non-hydrogen) atoms. The Morgan fingerprint density at radius 3 is 2.00 bits per heavy atom. The lowest BCUT2D eigenvalue weighted by Gasteiger charge is -2.29. The Labute approximate surface area is 115 Å². The zero-order valence-electron chi connectivity index (χ0n) is 10.8. The second-order valence-corrected chi connectivity index (χ2v) is 5.29. The summed E-state index contributed by atoms with van der Waals surface area (Å²) in [6, 6.07) is 6.57. The van der Waals surface area contributed by atoms with E-state index in [-0.39, 0.29) is 5.54 Å². The third kappa shape index (κ3) is 4.17. The average Bonchev–Trinajstić information content (AvgIpc) is 2.30. The molecule has 0 fully saturated rings. The minimum Gasteiger partial charge on any atom is -0.305 e. The average molecular weight is 274 g/mol. The van der Waals surface area contributed by atoms with Crippen LogP contribution in [-0.2, 0) is 6.54 Å². The second kappa shape index (κ2) is 6.63. The van der Waals surface area contributed by atoms with Crippen LogP contribution in [0.3, 0.4) is 0 Å². The number of benzene rings is 1. The van der Waals surface area contributed by atoms with Gasteiger partial charge in [0.1, 0.15) is 0 Å². The van der Waals surface area contributed by atoms with E-state index in [1.807, 2.05) is 0 Å². The molecule has 3 heteroatoms. The van der Waals surface area contributed by atoms with Gasteiger partial charge in [-0.15, -0.1) is 23.2 Å². The van der Waals surface area contributed by atoms with E-state index in [0.29, 0.717) is 11.8 Å². The molecule has 0 spiro atoms. The van der Waals surface area contributed by atoms with Crippen LogP contribution in [0.4, 0.5) is 0 Å². The second-order valence-electron chi connectivity index (χ2n) is 4.75. The first-order valence-corrected chi connectivity index (χ1v) is 7.06. The number of hydrogen-bond donors (Lipinski definition) is 1. The van der Waals surface area contributed by atoms with Crippen LogP contribution in [0.25, 0.3) is 0 Å². The third-order valence-electron chi connectivity index (χ3n) is 3.14. The van der Waals surface area contributed by atoms with E-state index in [2.05, 4.69) is 44.3 Å². The molecule has 1 rings (SSSR count). The summed E-state index contributed by atoms with van der Waals surface area (Å²) in [5, 5.41) is 3.49. The molecule has 0 saturated carbocycles. The van der Waals surface area contributed by atoms with E-state index in [1.165, 1.54) is 16.7 Å². The first-order valence-electron chi connectivity index (χ1n) is 5.99. The Bertz CT molecular complexity index is 331. The van der Waals surface area contributed by atoms with Crippen molar-refractivity contribution in [2.45, 2.75) is 39.3 Å². The van der Waals surface area contributed by atoms with Crippen LogP contribution in [0.2, 0.25) is 0 Å². The van der Waals surface area contributed by atoms with Crippen LogP contribution in [-0.4, -0.2) is 17.3 Å². The predicted molar refractivity (Wildman–Crippen MR) is 77.2 cm³/mol. The molecule has 0 atom stereocenters. The predicted octanol–water partition coefficient (Wildman–Crippen LogP) is 4.02. The molecule has 1 aromatic carbocycles. The van der Waals surface area contributed by atoms with Gasteiger partial charge in [-0.1, -0.05) is 36.2 Å². The zero-order valence-corrected chi connectivity index (χ0v) is 12.3. The fourth-order valence-corrected chi connectivity index (χ4v) is 2.76. The lowest BCUT2D eigenvalue weighted by Crippen LogP contribution is -2.47. The highest BCUT2D eigenvalue weighted by Crippen LogP contribution is 2.17. The van der Waals surface area contributed by atoms with Crippen molar-refractivity contribution < 1.29 is 0 Å². The monoisotopic (exact) mass is 273 g/mol. The number of hydrogen-bond acceptors (Lipinski definition) is 1. The summed E-state index contributed by atoms with van der Waals surface area (Å²) < 4.78 is 0. The maximum absolute atomic E-state index is 6.01. The fourth-order valence-electron chi connectivity index (χ4n) is 1.90. The van der Waals surface area contributed by atoms with Crippen molar-refractivity contribution in [1.29, 1.82) is 0 Å². The molecule has 0 bridgehead atoms. The van der Waals surface area contributed by atoms with Gasteiger partial charge in [0.25, 0.3) is 0 Å². The van der Waals surface area contributed by atoms with Crippen LogP contribution in [0, 0.1) is 13.8 Å². The van der Waals surface area contributed by atoms with Crippen molar-refractivity contribution in [1.82, 2.24) is 5.32 Å². The van der Waals surface area contributed by atoms with Crippen LogP contribution in [0.5, 0.6) is 0 Å². The summed E-state index contributed by atoms with van der Waals surface area (Å²) in [4.78, 5) is 0. The minimum absolute atomic E-state index is 0.152. The molecule has 0 aliphatic heterocycles. The zero-order chi connectivity index (χ0) is 12.9. The van der Waals surface area contributed by atoms with Gasteiger partial charge in [0.05, 0.1) is 0 Å². The highest BCUT2D eigenvalue weighted by molar-refractivity contribution is 6.22. The quantitative estimate of drug-likeness (QED) is 0.772. The molecule has 0 amide bonds. The molecule has 0 saturated heterocycles. The van der Waals surface area contributed by atoms with Gasteiger partial charge < -0.3 is 5.32 Å². The maximum atomic E-state index is 6.01. The topological polar surface area (TPSA) is 12.0 Å². The molecule has 0 aliphatic carbocycles. The Balaban J connectivity index is 2.71. The molecule has 1 aromatic rings. The van der Waals surface area contributed by atoms with E-state index in [0.717, 1.165) is 13.0 Å². The molecule has 0 aromatic heterocycles. The van der Waals surface area contributed by atoms with Gasteiger partial charge in [-0.25, -0.2) is 0 Å². The largest absolute Gasteiger partial charge is 0.305 e. The van der Waals surface area contributed by atoms with Crippen LogP contribution < -0.4 is 5.32 Å². The van der Waals surface area contributed by atoms with Crippen molar-refractivity contribution in [3.05, 3.63) is 34.9 Å². The van der Waals surface area contributed by atoms with Gasteiger partial charge in [-0.3, -0.25) is 0 Å². The van der Waals surface area contributed by atoms with Gasteiger partial charge in [0.15, 0.2) is 0 Å². The minimum atomic E-state index is -0.152. The molecular formula is C14H21Cl2N. The molecule has 0 radical (unpaired) electrons. The normalized spacial score (nSPS) is 11.8. The third-order valence-corrected chi connectivity index (χ3v) is 4.16. The van der Waals surface area contributed by atoms with E-state index in [9.17, 15) is 0 Å². The fraction of sp³-hybridized carbons (Fsp3) is 0.571. The molecule has 1 nitrogen and oxygen atoms in total. The molecule has 96 valence electrons. The Hall–Kier alpha value is -0.240. The first kappa shape index (κ1) is 14.8. The van der Waals surface area contributed by atoms with Gasteiger partial charge in [-0.05, 0) is 25.8 Å². The SMILES string of the molecule is CCC(CCl)(CCl)NCc1cc(C)cc(C)c1. The molecule has 0 aliphatic rings. The molecule has 0 heterocycles. The van der Waals surface area contributed by atoms with Crippen molar-refractivity contribution in [2.24, 2.45) is 0 Å².